The van der Waals surface area contributed by atoms with E-state index in [1.807, 2.05) is 12.1 Å². The van der Waals surface area contributed by atoms with Gasteiger partial charge in [-0.3, -0.25) is 0 Å². The number of phenolic OH excluding ortho intramolecular Hbond substituents is 1. The highest BCUT2D eigenvalue weighted by molar-refractivity contribution is 14.1. The molecule has 2 aromatic carbocycles. The van der Waals surface area contributed by atoms with Gasteiger partial charge < -0.3 is 26.2 Å². The third kappa shape index (κ3) is 6.19. The van der Waals surface area contributed by atoms with Crippen LogP contribution < -0.4 is 21.1 Å². The van der Waals surface area contributed by atoms with Gasteiger partial charge in [0.25, 0.3) is 0 Å². The predicted octanol–water partition coefficient (Wildman–Crippen LogP) is 3.19. The number of halogens is 2. The minimum absolute atomic E-state index is 0.173. The van der Waals surface area contributed by atoms with Crippen molar-refractivity contribution in [3.63, 3.8) is 0 Å². The third-order valence-electron chi connectivity index (χ3n) is 3.36. The zero-order chi connectivity index (χ0) is 18.4. The van der Waals surface area contributed by atoms with Crippen molar-refractivity contribution in [2.24, 2.45) is 5.73 Å². The minimum Gasteiger partial charge on any atom is -0.508 e. The average Bonchev–Trinajstić information content (AvgIpc) is 2.57. The zero-order valence-corrected chi connectivity index (χ0v) is 17.9. The van der Waals surface area contributed by atoms with Crippen molar-refractivity contribution in [1.29, 1.82) is 0 Å². The number of hydrogen-bond donors (Lipinski definition) is 4. The van der Waals surface area contributed by atoms with Crippen molar-refractivity contribution in [1.82, 2.24) is 10.6 Å². The molecule has 2 rings (SSSR count). The van der Waals surface area contributed by atoms with Crippen LogP contribution in [0, 0.1) is 7.14 Å². The number of aromatic hydroxyl groups is 1. The van der Waals surface area contributed by atoms with E-state index in [4.69, 9.17) is 10.5 Å². The summed E-state index contributed by atoms with van der Waals surface area (Å²) in [5, 5.41) is 14.5. The summed E-state index contributed by atoms with van der Waals surface area (Å²) in [4.78, 5) is 11.2. The molecule has 2 amide bonds. The van der Waals surface area contributed by atoms with Crippen LogP contribution in [0.5, 0.6) is 17.2 Å². The predicted molar refractivity (Wildman–Crippen MR) is 114 cm³/mol. The normalized spacial score (nSPS) is 11.7. The molecule has 0 unspecified atom stereocenters. The molecule has 134 valence electrons. The first-order valence-electron chi connectivity index (χ1n) is 7.55. The number of urea groups is 1. The highest BCUT2D eigenvalue weighted by Gasteiger charge is 2.13. The van der Waals surface area contributed by atoms with Crippen LogP contribution in [0.1, 0.15) is 5.56 Å². The molecule has 5 N–H and O–H groups in total. The number of ether oxygens (including phenoxy) is 1. The number of phenols is 1. The van der Waals surface area contributed by atoms with E-state index in [1.165, 1.54) is 0 Å². The Bertz CT molecular complexity index is 715. The molecule has 0 spiro atoms. The van der Waals surface area contributed by atoms with Gasteiger partial charge in [0.2, 0.25) is 0 Å². The molecule has 0 aliphatic heterocycles. The number of nitrogens with one attached hydrogen (secondary N) is 2. The molecule has 2 aromatic rings. The van der Waals surface area contributed by atoms with Gasteiger partial charge in [-0.25, -0.2) is 4.79 Å². The minimum atomic E-state index is -0.239. The summed E-state index contributed by atoms with van der Waals surface area (Å²) in [5.74, 6) is 1.63. The van der Waals surface area contributed by atoms with Crippen LogP contribution in [-0.4, -0.2) is 30.8 Å². The average molecular weight is 567 g/mol. The lowest BCUT2D eigenvalue weighted by Crippen LogP contribution is -2.42. The Kier molecular flexibility index (Phi) is 7.56. The summed E-state index contributed by atoms with van der Waals surface area (Å²) < 4.78 is 7.87. The maximum absolute atomic E-state index is 11.2. The first-order valence-corrected chi connectivity index (χ1v) is 9.70. The zero-order valence-electron chi connectivity index (χ0n) is 13.6. The summed E-state index contributed by atoms with van der Waals surface area (Å²) in [6, 6.07) is 10.2. The van der Waals surface area contributed by atoms with Crippen LogP contribution >= 0.6 is 45.2 Å². The Labute approximate surface area is 173 Å². The van der Waals surface area contributed by atoms with E-state index < -0.39 is 0 Å². The molecule has 0 aliphatic rings. The second-order valence-corrected chi connectivity index (χ2v) is 7.73. The third-order valence-corrected chi connectivity index (χ3v) is 4.97. The molecule has 0 heterocycles. The summed E-state index contributed by atoms with van der Waals surface area (Å²) >= 11 is 4.46. The molecule has 25 heavy (non-hydrogen) atoms. The van der Waals surface area contributed by atoms with E-state index in [0.717, 1.165) is 18.5 Å². The van der Waals surface area contributed by atoms with E-state index in [2.05, 4.69) is 55.8 Å². The lowest BCUT2D eigenvalue weighted by atomic mass is 10.1. The number of hydrogen-bond acceptors (Lipinski definition) is 4. The molecular formula is C17H19I2N3O3. The van der Waals surface area contributed by atoms with Crippen LogP contribution in [0.2, 0.25) is 0 Å². The quantitative estimate of drug-likeness (QED) is 0.404. The fraction of sp³-hybridized carbons (Fsp3) is 0.235. The van der Waals surface area contributed by atoms with E-state index in [0.29, 0.717) is 18.7 Å². The monoisotopic (exact) mass is 567 g/mol. The van der Waals surface area contributed by atoms with Gasteiger partial charge in [0.15, 0.2) is 5.75 Å². The number of amides is 2. The maximum Gasteiger partial charge on any atom is 0.314 e. The molecule has 0 fully saturated rings. The van der Waals surface area contributed by atoms with Crippen molar-refractivity contribution < 1.29 is 14.6 Å². The molecule has 0 saturated carbocycles. The molecule has 0 saturated heterocycles. The molecule has 0 aliphatic carbocycles. The van der Waals surface area contributed by atoms with Crippen molar-refractivity contribution in [3.05, 3.63) is 49.1 Å². The fourth-order valence-corrected chi connectivity index (χ4v) is 4.26. The first kappa shape index (κ1) is 20.0. The van der Waals surface area contributed by atoms with Crippen LogP contribution in [0.4, 0.5) is 4.79 Å². The van der Waals surface area contributed by atoms with Gasteiger partial charge in [-0.2, -0.15) is 0 Å². The van der Waals surface area contributed by atoms with E-state index in [9.17, 15) is 9.90 Å². The van der Waals surface area contributed by atoms with Crippen molar-refractivity contribution >= 4 is 51.2 Å². The Morgan fingerprint density at radius 2 is 1.84 bits per heavy atom. The number of benzene rings is 2. The van der Waals surface area contributed by atoms with E-state index in [-0.39, 0.29) is 17.8 Å². The van der Waals surface area contributed by atoms with Gasteiger partial charge in [-0.15, -0.1) is 0 Å². The fourth-order valence-electron chi connectivity index (χ4n) is 2.15. The van der Waals surface area contributed by atoms with Crippen molar-refractivity contribution in [3.8, 4) is 17.2 Å². The maximum atomic E-state index is 11.2. The summed E-state index contributed by atoms with van der Waals surface area (Å²) in [5.41, 5.74) is 7.16. The van der Waals surface area contributed by atoms with Crippen molar-refractivity contribution in [2.75, 3.05) is 13.6 Å². The van der Waals surface area contributed by atoms with Gasteiger partial charge in [0.1, 0.15) is 11.5 Å². The summed E-state index contributed by atoms with van der Waals surface area (Å²) in [7, 11) is 1.57. The van der Waals surface area contributed by atoms with Gasteiger partial charge in [-0.05, 0) is 93.6 Å². The Balaban J connectivity index is 2.06. The van der Waals surface area contributed by atoms with Crippen molar-refractivity contribution in [2.45, 2.75) is 12.5 Å². The Morgan fingerprint density at radius 1 is 1.24 bits per heavy atom. The second-order valence-electron chi connectivity index (χ2n) is 5.41. The Morgan fingerprint density at radius 3 is 2.40 bits per heavy atom. The molecule has 1 atom stereocenters. The van der Waals surface area contributed by atoms with Crippen LogP contribution in [0.3, 0.4) is 0 Å². The summed E-state index contributed by atoms with van der Waals surface area (Å²) in [6.07, 6.45) is 0.648. The van der Waals surface area contributed by atoms with E-state index in [1.54, 1.807) is 31.3 Å². The molecule has 6 nitrogen and oxygen atoms in total. The van der Waals surface area contributed by atoms with Crippen LogP contribution in [0.15, 0.2) is 36.4 Å². The lowest BCUT2D eigenvalue weighted by molar-refractivity contribution is 0.242. The topological polar surface area (TPSA) is 96.6 Å². The highest BCUT2D eigenvalue weighted by atomic mass is 127. The SMILES string of the molecule is CNC(=O)NC[C@@H](N)Cc1cc(I)c(Oc2ccc(O)cc2)c(I)c1. The van der Waals surface area contributed by atoms with Gasteiger partial charge in [0, 0.05) is 19.6 Å². The van der Waals surface area contributed by atoms with E-state index >= 15 is 0 Å². The molecule has 0 radical (unpaired) electrons. The van der Waals surface area contributed by atoms with Gasteiger partial charge in [-0.1, -0.05) is 0 Å². The number of nitrogens with two attached hydrogens (primary N) is 1. The largest absolute Gasteiger partial charge is 0.508 e. The molecule has 0 aromatic heterocycles. The molecule has 0 bridgehead atoms. The standard InChI is InChI=1S/C17H19I2N3O3/c1-21-17(24)22-9-11(20)6-10-7-14(18)16(15(19)8-10)25-13-4-2-12(23)3-5-13/h2-5,7-8,11,23H,6,9,20H2,1H3,(H2,21,22,24)/t11-/m0/s1. The van der Waals surface area contributed by atoms with Crippen LogP contribution in [0.25, 0.3) is 0 Å². The highest BCUT2D eigenvalue weighted by Crippen LogP contribution is 2.33. The molecule has 8 heteroatoms. The number of rotatable bonds is 6. The second kappa shape index (κ2) is 9.43. The number of carbonyl (C=O) groups is 1. The Hall–Kier alpha value is -1.27. The van der Waals surface area contributed by atoms with Gasteiger partial charge >= 0.3 is 6.03 Å². The lowest BCUT2D eigenvalue weighted by Gasteiger charge is -2.15. The first-order chi connectivity index (χ1) is 11.9. The van der Waals surface area contributed by atoms with Crippen LogP contribution in [-0.2, 0) is 6.42 Å². The van der Waals surface area contributed by atoms with Gasteiger partial charge in [0.05, 0.1) is 7.14 Å². The smallest absolute Gasteiger partial charge is 0.314 e. The number of carbonyl (C=O) groups excluding carboxylic acids is 1. The molecular weight excluding hydrogens is 548 g/mol. The summed E-state index contributed by atoms with van der Waals surface area (Å²) in [6.45, 7) is 0.401.